The molecule has 0 atom stereocenters. The number of hydrogen-bond acceptors (Lipinski definition) is 7. The standard InChI is InChI=1S/C16H14N4O3S3/c21-15(12-4-1-2-7-17-12)19-16-18-11-6-8-20(10-13(11)25-16)26(22,23)14-5-3-9-24-14/h1-5,7,9H,6,8,10H2,(H,18,19,21). The van der Waals surface area contributed by atoms with E-state index >= 15 is 0 Å². The molecule has 0 spiro atoms. The smallest absolute Gasteiger partial charge is 0.276 e. The zero-order chi connectivity index (χ0) is 18.1. The van der Waals surface area contributed by atoms with Gasteiger partial charge in [0.05, 0.1) is 12.2 Å². The molecule has 0 bridgehead atoms. The maximum Gasteiger partial charge on any atom is 0.276 e. The summed E-state index contributed by atoms with van der Waals surface area (Å²) in [4.78, 5) is 21.5. The Hall–Kier alpha value is -2.14. The first-order valence-corrected chi connectivity index (χ1v) is 10.9. The first-order chi connectivity index (χ1) is 12.5. The lowest BCUT2D eigenvalue weighted by molar-refractivity contribution is 0.102. The average molecular weight is 407 g/mol. The van der Waals surface area contributed by atoms with E-state index in [1.54, 1.807) is 41.9 Å². The second kappa shape index (κ2) is 6.88. The topological polar surface area (TPSA) is 92.3 Å². The molecule has 134 valence electrons. The average Bonchev–Trinajstić information content (AvgIpc) is 3.31. The van der Waals surface area contributed by atoms with Crippen LogP contribution in [0.5, 0.6) is 0 Å². The Bertz CT molecular complexity index is 1030. The van der Waals surface area contributed by atoms with Crippen molar-refractivity contribution >= 4 is 43.7 Å². The molecular weight excluding hydrogens is 392 g/mol. The number of carbonyl (C=O) groups is 1. The van der Waals surface area contributed by atoms with Gasteiger partial charge in [-0.15, -0.1) is 22.7 Å². The summed E-state index contributed by atoms with van der Waals surface area (Å²) in [5.74, 6) is -0.334. The third-order valence-corrected chi connectivity index (χ3v) is 8.12. The molecule has 10 heteroatoms. The molecule has 3 aromatic heterocycles. The lowest BCUT2D eigenvalue weighted by atomic mass is 10.2. The summed E-state index contributed by atoms with van der Waals surface area (Å²) in [6.45, 7) is 0.650. The van der Waals surface area contributed by atoms with Gasteiger partial charge >= 0.3 is 0 Å². The van der Waals surface area contributed by atoms with Crippen LogP contribution in [0.4, 0.5) is 5.13 Å². The fourth-order valence-electron chi connectivity index (χ4n) is 2.63. The Morgan fingerprint density at radius 3 is 2.85 bits per heavy atom. The molecule has 1 amide bonds. The molecule has 1 aliphatic rings. The molecule has 0 unspecified atom stereocenters. The van der Waals surface area contributed by atoms with Crippen LogP contribution in [0, 0.1) is 0 Å². The van der Waals surface area contributed by atoms with Crippen molar-refractivity contribution < 1.29 is 13.2 Å². The minimum Gasteiger partial charge on any atom is -0.296 e. The fraction of sp³-hybridized carbons (Fsp3) is 0.188. The van der Waals surface area contributed by atoms with Gasteiger partial charge in [-0.3, -0.25) is 15.1 Å². The number of anilines is 1. The highest BCUT2D eigenvalue weighted by atomic mass is 32.2. The van der Waals surface area contributed by atoms with Gasteiger partial charge in [0.1, 0.15) is 9.90 Å². The van der Waals surface area contributed by atoms with Crippen molar-refractivity contribution in [3.63, 3.8) is 0 Å². The number of sulfonamides is 1. The molecule has 4 heterocycles. The Kier molecular flexibility index (Phi) is 4.57. The summed E-state index contributed by atoms with van der Waals surface area (Å²) in [7, 11) is -3.48. The normalized spacial score (nSPS) is 14.8. The number of carbonyl (C=O) groups excluding carboxylic acids is 1. The molecule has 3 aromatic rings. The van der Waals surface area contributed by atoms with Crippen LogP contribution >= 0.6 is 22.7 Å². The number of aromatic nitrogens is 2. The van der Waals surface area contributed by atoms with Gasteiger partial charge in [-0.05, 0) is 23.6 Å². The van der Waals surface area contributed by atoms with Gasteiger partial charge in [0.15, 0.2) is 5.13 Å². The number of thiazole rings is 1. The second-order valence-corrected chi connectivity index (χ2v) is 9.77. The van der Waals surface area contributed by atoms with Crippen molar-refractivity contribution in [2.24, 2.45) is 0 Å². The van der Waals surface area contributed by atoms with E-state index in [-0.39, 0.29) is 12.5 Å². The maximum atomic E-state index is 12.7. The van der Waals surface area contributed by atoms with Crippen LogP contribution in [0.25, 0.3) is 0 Å². The Morgan fingerprint density at radius 2 is 2.12 bits per heavy atom. The molecule has 0 aliphatic carbocycles. The highest BCUT2D eigenvalue weighted by molar-refractivity contribution is 7.91. The molecule has 0 saturated heterocycles. The third kappa shape index (κ3) is 3.28. The van der Waals surface area contributed by atoms with E-state index in [9.17, 15) is 13.2 Å². The molecule has 0 aromatic carbocycles. The maximum absolute atomic E-state index is 12.7. The minimum absolute atomic E-state index is 0.271. The van der Waals surface area contributed by atoms with E-state index in [0.29, 0.717) is 28.0 Å². The monoisotopic (exact) mass is 406 g/mol. The summed E-state index contributed by atoms with van der Waals surface area (Å²) >= 11 is 2.51. The molecule has 0 radical (unpaired) electrons. The van der Waals surface area contributed by atoms with Crippen molar-refractivity contribution in [3.05, 3.63) is 58.2 Å². The summed E-state index contributed by atoms with van der Waals surface area (Å²) in [5, 5.41) is 4.95. The lowest BCUT2D eigenvalue weighted by Crippen LogP contribution is -2.35. The summed E-state index contributed by atoms with van der Waals surface area (Å²) < 4.78 is 27.1. The number of thiophene rings is 1. The van der Waals surface area contributed by atoms with Crippen LogP contribution in [0.1, 0.15) is 21.1 Å². The molecule has 1 N–H and O–H groups in total. The van der Waals surface area contributed by atoms with E-state index in [4.69, 9.17) is 0 Å². The Morgan fingerprint density at radius 1 is 1.23 bits per heavy atom. The SMILES string of the molecule is O=C(Nc1nc2c(s1)CN(S(=O)(=O)c1cccs1)CC2)c1ccccn1. The largest absolute Gasteiger partial charge is 0.296 e. The van der Waals surface area contributed by atoms with Crippen LogP contribution in [-0.4, -0.2) is 35.1 Å². The number of pyridine rings is 1. The van der Waals surface area contributed by atoms with Gasteiger partial charge in [-0.1, -0.05) is 12.1 Å². The predicted molar refractivity (Wildman–Crippen MR) is 99.9 cm³/mol. The zero-order valence-corrected chi connectivity index (χ0v) is 15.9. The van der Waals surface area contributed by atoms with Crippen LogP contribution in [0.3, 0.4) is 0 Å². The van der Waals surface area contributed by atoms with E-state index in [1.165, 1.54) is 27.0 Å². The second-order valence-electron chi connectivity index (χ2n) is 5.58. The molecule has 26 heavy (non-hydrogen) atoms. The summed E-state index contributed by atoms with van der Waals surface area (Å²) in [5.41, 5.74) is 1.14. The lowest BCUT2D eigenvalue weighted by Gasteiger charge is -2.24. The predicted octanol–water partition coefficient (Wildman–Crippen LogP) is 2.60. The third-order valence-electron chi connectivity index (χ3n) is 3.90. The highest BCUT2D eigenvalue weighted by Gasteiger charge is 2.31. The van der Waals surface area contributed by atoms with E-state index in [1.807, 2.05) is 0 Å². The van der Waals surface area contributed by atoms with Crippen molar-refractivity contribution in [2.45, 2.75) is 17.2 Å². The quantitative estimate of drug-likeness (QED) is 0.719. The minimum atomic E-state index is -3.48. The van der Waals surface area contributed by atoms with Crippen molar-refractivity contribution in [2.75, 3.05) is 11.9 Å². The van der Waals surface area contributed by atoms with Crippen molar-refractivity contribution in [1.29, 1.82) is 0 Å². The van der Waals surface area contributed by atoms with Crippen molar-refractivity contribution in [1.82, 2.24) is 14.3 Å². The van der Waals surface area contributed by atoms with Crippen LogP contribution in [-0.2, 0) is 23.0 Å². The van der Waals surface area contributed by atoms with E-state index < -0.39 is 10.0 Å². The highest BCUT2D eigenvalue weighted by Crippen LogP contribution is 2.32. The zero-order valence-electron chi connectivity index (χ0n) is 13.5. The fourth-order valence-corrected chi connectivity index (χ4v) is 6.28. The van der Waals surface area contributed by atoms with Gasteiger partial charge < -0.3 is 0 Å². The molecule has 7 nitrogen and oxygen atoms in total. The molecule has 1 aliphatic heterocycles. The first-order valence-electron chi connectivity index (χ1n) is 7.78. The number of nitrogens with one attached hydrogen (secondary N) is 1. The van der Waals surface area contributed by atoms with Gasteiger partial charge in [0.2, 0.25) is 0 Å². The number of nitrogens with zero attached hydrogens (tertiary/aromatic N) is 3. The Labute approximate surface area is 158 Å². The number of hydrogen-bond donors (Lipinski definition) is 1. The Balaban J connectivity index is 1.52. The number of amides is 1. The van der Waals surface area contributed by atoms with E-state index in [0.717, 1.165) is 10.6 Å². The number of rotatable bonds is 4. The van der Waals surface area contributed by atoms with Gasteiger partial charge in [0, 0.05) is 24.0 Å². The molecular formula is C16H14N4O3S3. The van der Waals surface area contributed by atoms with Crippen LogP contribution < -0.4 is 5.32 Å². The molecule has 0 fully saturated rings. The van der Waals surface area contributed by atoms with Crippen molar-refractivity contribution in [3.8, 4) is 0 Å². The molecule has 0 saturated carbocycles. The van der Waals surface area contributed by atoms with Crippen LogP contribution in [0.15, 0.2) is 46.1 Å². The van der Waals surface area contributed by atoms with Gasteiger partial charge in [0.25, 0.3) is 15.9 Å². The summed E-state index contributed by atoms with van der Waals surface area (Å²) in [6.07, 6.45) is 2.07. The van der Waals surface area contributed by atoms with Gasteiger partial charge in [-0.25, -0.2) is 13.4 Å². The summed E-state index contributed by atoms with van der Waals surface area (Å²) in [6, 6.07) is 8.44. The van der Waals surface area contributed by atoms with Gasteiger partial charge in [-0.2, -0.15) is 4.31 Å². The first kappa shape index (κ1) is 17.3. The number of fused-ring (bicyclic) bond motifs is 1. The molecule has 4 rings (SSSR count). The van der Waals surface area contributed by atoms with Crippen LogP contribution in [0.2, 0.25) is 0 Å². The van der Waals surface area contributed by atoms with E-state index in [2.05, 4.69) is 15.3 Å².